The van der Waals surface area contributed by atoms with Gasteiger partial charge in [-0.1, -0.05) is 127 Å². The van der Waals surface area contributed by atoms with Crippen LogP contribution in [0.2, 0.25) is 0 Å². The van der Waals surface area contributed by atoms with Crippen molar-refractivity contribution in [3.8, 4) is 56.5 Å². The number of para-hydroxylation sites is 2. The van der Waals surface area contributed by atoms with Gasteiger partial charge >= 0.3 is 0 Å². The maximum Gasteiger partial charge on any atom is 0.149 e. The molecule has 0 bridgehead atoms. The van der Waals surface area contributed by atoms with Gasteiger partial charge in [0.2, 0.25) is 0 Å². The Morgan fingerprint density at radius 2 is 0.875 bits per heavy atom. The Kier molecular flexibility index (Phi) is 6.11. The minimum Gasteiger partial charge on any atom is -0.292 e. The number of rotatable bonds is 6. The number of imidazole rings is 1. The van der Waals surface area contributed by atoms with Crippen LogP contribution in [0, 0.1) is 0 Å². The van der Waals surface area contributed by atoms with E-state index < -0.39 is 0 Å². The first-order chi connectivity index (χ1) is 19.9. The van der Waals surface area contributed by atoms with Gasteiger partial charge in [-0.05, 0) is 24.3 Å². The van der Waals surface area contributed by atoms with E-state index in [1.54, 1.807) is 0 Å². The van der Waals surface area contributed by atoms with Gasteiger partial charge in [0.1, 0.15) is 11.5 Å². The van der Waals surface area contributed by atoms with E-state index in [0.717, 1.165) is 56.5 Å². The highest BCUT2D eigenvalue weighted by Crippen LogP contribution is 2.41. The molecule has 0 aliphatic rings. The molecule has 40 heavy (non-hydrogen) atoms. The van der Waals surface area contributed by atoms with Gasteiger partial charge in [-0.25, -0.2) is 9.67 Å². The summed E-state index contributed by atoms with van der Waals surface area (Å²) in [6.45, 7) is 0. The first-order valence-corrected chi connectivity index (χ1v) is 13.4. The number of hydrogen-bond donors (Lipinski definition) is 0. The molecule has 0 radical (unpaired) electrons. The second-order valence-corrected chi connectivity index (χ2v) is 9.57. The summed E-state index contributed by atoms with van der Waals surface area (Å²) in [5.74, 6) is 0.838. The number of nitrogens with zero attached hydrogens (tertiary/aromatic N) is 4. The van der Waals surface area contributed by atoms with Crippen LogP contribution in [-0.4, -0.2) is 19.3 Å². The molecule has 0 amide bonds. The molecule has 0 N–H and O–H groups in total. The summed E-state index contributed by atoms with van der Waals surface area (Å²) >= 11 is 0. The first-order valence-electron chi connectivity index (χ1n) is 13.4. The van der Waals surface area contributed by atoms with Gasteiger partial charge in [0.05, 0.1) is 22.6 Å². The largest absolute Gasteiger partial charge is 0.292 e. The zero-order chi connectivity index (χ0) is 26.7. The summed E-state index contributed by atoms with van der Waals surface area (Å²) < 4.78 is 4.22. The van der Waals surface area contributed by atoms with Crippen molar-refractivity contribution in [1.82, 2.24) is 19.3 Å². The standard InChI is InChI=1S/C36H26N4/c1-6-16-27(17-7-1)33-32(26-39(38-33)30-22-12-4-13-23-30)36-37-34(28-18-8-2-9-19-28)35(29-20-10-3-11-21-29)40(36)31-24-14-5-15-25-31/h1-26H. The lowest BCUT2D eigenvalue weighted by Gasteiger charge is -2.13. The van der Waals surface area contributed by atoms with Crippen molar-refractivity contribution in [2.24, 2.45) is 0 Å². The molecular weight excluding hydrogens is 488 g/mol. The normalized spacial score (nSPS) is 11.0. The van der Waals surface area contributed by atoms with Crippen LogP contribution >= 0.6 is 0 Å². The number of hydrogen-bond acceptors (Lipinski definition) is 2. The van der Waals surface area contributed by atoms with Gasteiger partial charge in [0, 0.05) is 28.6 Å². The predicted molar refractivity (Wildman–Crippen MR) is 162 cm³/mol. The van der Waals surface area contributed by atoms with Gasteiger partial charge < -0.3 is 0 Å². The van der Waals surface area contributed by atoms with E-state index in [9.17, 15) is 0 Å². The smallest absolute Gasteiger partial charge is 0.149 e. The van der Waals surface area contributed by atoms with Crippen LogP contribution in [-0.2, 0) is 0 Å². The van der Waals surface area contributed by atoms with E-state index in [1.165, 1.54) is 0 Å². The Morgan fingerprint density at radius 3 is 1.43 bits per heavy atom. The van der Waals surface area contributed by atoms with Crippen molar-refractivity contribution < 1.29 is 0 Å². The van der Waals surface area contributed by atoms with Crippen LogP contribution in [0.15, 0.2) is 158 Å². The third kappa shape index (κ3) is 4.32. The minimum atomic E-state index is 0.838. The summed E-state index contributed by atoms with van der Waals surface area (Å²) in [4.78, 5) is 5.41. The van der Waals surface area contributed by atoms with Crippen LogP contribution in [0.3, 0.4) is 0 Å². The van der Waals surface area contributed by atoms with Crippen molar-refractivity contribution >= 4 is 0 Å². The molecule has 2 aromatic heterocycles. The highest BCUT2D eigenvalue weighted by atomic mass is 15.3. The zero-order valence-corrected chi connectivity index (χ0v) is 21.8. The molecule has 7 rings (SSSR count). The first kappa shape index (κ1) is 23.6. The maximum absolute atomic E-state index is 5.41. The molecule has 190 valence electrons. The molecule has 4 nitrogen and oxygen atoms in total. The van der Waals surface area contributed by atoms with E-state index >= 15 is 0 Å². The number of benzene rings is 5. The van der Waals surface area contributed by atoms with E-state index in [0.29, 0.717) is 0 Å². The van der Waals surface area contributed by atoms with Crippen LogP contribution < -0.4 is 0 Å². The van der Waals surface area contributed by atoms with Crippen LogP contribution in [0.4, 0.5) is 0 Å². The second-order valence-electron chi connectivity index (χ2n) is 9.57. The SMILES string of the molecule is c1ccc(-c2nn(-c3ccccc3)cc2-c2nc(-c3ccccc3)c(-c3ccccc3)n2-c2ccccc2)cc1. The van der Waals surface area contributed by atoms with E-state index in [1.807, 2.05) is 47.1 Å². The Labute approximate surface area is 233 Å². The Hall–Kier alpha value is -5.48. The molecule has 7 aromatic rings. The summed E-state index contributed by atoms with van der Waals surface area (Å²) in [6, 6.07) is 51.9. The fraction of sp³-hybridized carbons (Fsp3) is 0. The average molecular weight is 515 g/mol. The molecule has 0 unspecified atom stereocenters. The third-order valence-electron chi connectivity index (χ3n) is 7.01. The average Bonchev–Trinajstić information content (AvgIpc) is 3.66. The Morgan fingerprint density at radius 1 is 0.425 bits per heavy atom. The molecule has 0 aliphatic heterocycles. The molecule has 5 aromatic carbocycles. The van der Waals surface area contributed by atoms with E-state index in [2.05, 4.69) is 120 Å². The summed E-state index contributed by atoms with van der Waals surface area (Å²) in [6.07, 6.45) is 2.10. The lowest BCUT2D eigenvalue weighted by atomic mass is 10.0. The van der Waals surface area contributed by atoms with Gasteiger partial charge in [-0.3, -0.25) is 4.57 Å². The minimum absolute atomic E-state index is 0.838. The monoisotopic (exact) mass is 514 g/mol. The maximum atomic E-state index is 5.41. The molecule has 0 saturated heterocycles. The molecular formula is C36H26N4. The van der Waals surface area contributed by atoms with Crippen molar-refractivity contribution in [2.45, 2.75) is 0 Å². The molecule has 0 fully saturated rings. The molecule has 0 atom stereocenters. The van der Waals surface area contributed by atoms with Gasteiger partial charge in [-0.2, -0.15) is 5.10 Å². The van der Waals surface area contributed by atoms with Crippen LogP contribution in [0.5, 0.6) is 0 Å². The Bertz CT molecular complexity index is 1860. The molecule has 0 saturated carbocycles. The lowest BCUT2D eigenvalue weighted by Crippen LogP contribution is -2.00. The zero-order valence-electron chi connectivity index (χ0n) is 21.8. The number of aromatic nitrogens is 4. The predicted octanol–water partition coefficient (Wildman–Crippen LogP) is 8.73. The molecule has 0 aliphatic carbocycles. The fourth-order valence-electron chi connectivity index (χ4n) is 5.15. The van der Waals surface area contributed by atoms with Gasteiger partial charge in [0.15, 0.2) is 0 Å². The van der Waals surface area contributed by atoms with Gasteiger partial charge in [-0.15, -0.1) is 0 Å². The van der Waals surface area contributed by atoms with Crippen molar-refractivity contribution in [1.29, 1.82) is 0 Å². The topological polar surface area (TPSA) is 35.6 Å². The quantitative estimate of drug-likeness (QED) is 0.222. The van der Waals surface area contributed by atoms with Gasteiger partial charge in [0.25, 0.3) is 0 Å². The second kappa shape index (κ2) is 10.4. The van der Waals surface area contributed by atoms with Crippen molar-refractivity contribution in [3.63, 3.8) is 0 Å². The summed E-state index contributed by atoms with van der Waals surface area (Å²) in [5, 5.41) is 5.11. The van der Waals surface area contributed by atoms with Crippen LogP contribution in [0.1, 0.15) is 0 Å². The van der Waals surface area contributed by atoms with Crippen LogP contribution in [0.25, 0.3) is 56.5 Å². The molecule has 2 heterocycles. The summed E-state index contributed by atoms with van der Waals surface area (Å²) in [7, 11) is 0. The Balaban J connectivity index is 1.58. The fourth-order valence-corrected chi connectivity index (χ4v) is 5.15. The lowest BCUT2D eigenvalue weighted by molar-refractivity contribution is 0.884. The van der Waals surface area contributed by atoms with Crippen molar-refractivity contribution in [3.05, 3.63) is 158 Å². The van der Waals surface area contributed by atoms with E-state index in [4.69, 9.17) is 10.1 Å². The highest BCUT2D eigenvalue weighted by molar-refractivity contribution is 5.87. The summed E-state index contributed by atoms with van der Waals surface area (Å²) in [5.41, 5.74) is 9.04. The molecule has 0 spiro atoms. The highest BCUT2D eigenvalue weighted by Gasteiger charge is 2.26. The third-order valence-corrected chi connectivity index (χ3v) is 7.01. The molecule has 4 heteroatoms. The van der Waals surface area contributed by atoms with E-state index in [-0.39, 0.29) is 0 Å². The van der Waals surface area contributed by atoms with Crippen molar-refractivity contribution in [2.75, 3.05) is 0 Å².